The zero-order valence-electron chi connectivity index (χ0n) is 29.2. The van der Waals surface area contributed by atoms with E-state index in [0.29, 0.717) is 5.92 Å². The van der Waals surface area contributed by atoms with Crippen LogP contribution in [0.2, 0.25) is 0 Å². The van der Waals surface area contributed by atoms with Crippen LogP contribution in [0.4, 0.5) is 5.69 Å². The van der Waals surface area contributed by atoms with Gasteiger partial charge in [0.05, 0.1) is 5.92 Å². The third-order valence-electron chi connectivity index (χ3n) is 5.63. The largest absolute Gasteiger partial charge is 0.353 e. The molecule has 3 nitrogen and oxygen atoms in total. The Morgan fingerprint density at radius 3 is 1.59 bits per heavy atom. The molecule has 1 N–H and O–H groups in total. The fourth-order valence-electron chi connectivity index (χ4n) is 3.87. The SMILES string of the molecule is C=CN(C(=C)C)c1ccc(C(CCC)CCC)cc1.CC.CC.CC(C)C.CC(C)NC(=O)C(C)c1ccccc1. The monoisotopic (exact) mass is 567 g/mol. The lowest BCUT2D eigenvalue weighted by Gasteiger charge is -2.21. The summed E-state index contributed by atoms with van der Waals surface area (Å²) in [6.45, 7) is 34.7. The summed E-state index contributed by atoms with van der Waals surface area (Å²) in [5, 5.41) is 2.90. The summed E-state index contributed by atoms with van der Waals surface area (Å²) < 4.78 is 0. The molecule has 0 fully saturated rings. The van der Waals surface area contributed by atoms with Crippen molar-refractivity contribution >= 4 is 11.6 Å². The van der Waals surface area contributed by atoms with Gasteiger partial charge in [-0.3, -0.25) is 4.79 Å². The fraction of sp³-hybridized carbons (Fsp3) is 0.553. The first-order valence-electron chi connectivity index (χ1n) is 16.0. The number of benzene rings is 2. The summed E-state index contributed by atoms with van der Waals surface area (Å²) in [4.78, 5) is 13.7. The van der Waals surface area contributed by atoms with Crippen LogP contribution in [0.1, 0.15) is 139 Å². The molecule has 1 atom stereocenters. The second kappa shape index (κ2) is 27.4. The molecule has 2 aromatic carbocycles. The number of hydrogen-bond acceptors (Lipinski definition) is 2. The van der Waals surface area contributed by atoms with Gasteiger partial charge in [-0.05, 0) is 75.6 Å². The Morgan fingerprint density at radius 2 is 1.24 bits per heavy atom. The van der Waals surface area contributed by atoms with Gasteiger partial charge in [0.1, 0.15) is 0 Å². The maximum atomic E-state index is 11.6. The lowest BCUT2D eigenvalue weighted by molar-refractivity contribution is -0.122. The van der Waals surface area contributed by atoms with E-state index in [1.165, 1.54) is 31.2 Å². The Labute approximate surface area is 256 Å². The molecule has 234 valence electrons. The number of amides is 1. The molecule has 0 aliphatic heterocycles. The normalized spacial score (nSPS) is 10.3. The lowest BCUT2D eigenvalue weighted by Crippen LogP contribution is -2.33. The minimum atomic E-state index is -0.0707. The molecule has 1 amide bonds. The molecular formula is C38H66N2O. The van der Waals surface area contributed by atoms with Crippen molar-refractivity contribution in [3.05, 3.63) is 90.8 Å². The molecule has 0 saturated carbocycles. The molecule has 0 heterocycles. The number of carbonyl (C=O) groups is 1. The summed E-state index contributed by atoms with van der Waals surface area (Å²) in [6.07, 6.45) is 6.86. The molecule has 0 bridgehead atoms. The molecule has 0 aromatic heterocycles. The van der Waals surface area contributed by atoms with Crippen molar-refractivity contribution in [1.82, 2.24) is 5.32 Å². The van der Waals surface area contributed by atoms with Crippen LogP contribution in [0, 0.1) is 5.92 Å². The maximum absolute atomic E-state index is 11.6. The van der Waals surface area contributed by atoms with Crippen molar-refractivity contribution in [2.24, 2.45) is 5.92 Å². The Hall–Kier alpha value is -2.81. The van der Waals surface area contributed by atoms with Gasteiger partial charge < -0.3 is 10.2 Å². The second-order valence-electron chi connectivity index (χ2n) is 10.7. The average molecular weight is 567 g/mol. The van der Waals surface area contributed by atoms with Crippen LogP contribution in [0.25, 0.3) is 0 Å². The van der Waals surface area contributed by atoms with Crippen LogP contribution in [-0.2, 0) is 4.79 Å². The Morgan fingerprint density at radius 1 is 0.805 bits per heavy atom. The zero-order valence-corrected chi connectivity index (χ0v) is 29.2. The van der Waals surface area contributed by atoms with Crippen molar-refractivity contribution in [1.29, 1.82) is 0 Å². The van der Waals surface area contributed by atoms with E-state index in [-0.39, 0.29) is 17.9 Å². The van der Waals surface area contributed by atoms with Gasteiger partial charge in [0.25, 0.3) is 0 Å². The molecule has 0 spiro atoms. The highest BCUT2D eigenvalue weighted by Gasteiger charge is 2.15. The summed E-state index contributed by atoms with van der Waals surface area (Å²) in [6, 6.07) is 18.9. The third-order valence-corrected chi connectivity index (χ3v) is 5.63. The van der Waals surface area contributed by atoms with Gasteiger partial charge in [-0.2, -0.15) is 0 Å². The van der Waals surface area contributed by atoms with Crippen LogP contribution in [0.3, 0.4) is 0 Å². The van der Waals surface area contributed by atoms with Gasteiger partial charge in [-0.15, -0.1) is 0 Å². The molecule has 41 heavy (non-hydrogen) atoms. The minimum absolute atomic E-state index is 0.0707. The maximum Gasteiger partial charge on any atom is 0.227 e. The van der Waals surface area contributed by atoms with Crippen LogP contribution in [0.5, 0.6) is 0 Å². The highest BCUT2D eigenvalue weighted by atomic mass is 16.1. The van der Waals surface area contributed by atoms with Crippen LogP contribution < -0.4 is 10.2 Å². The molecule has 2 aromatic rings. The predicted octanol–water partition coefficient (Wildman–Crippen LogP) is 11.9. The number of nitrogens with zero attached hydrogens (tertiary/aromatic N) is 1. The van der Waals surface area contributed by atoms with Gasteiger partial charge >= 0.3 is 0 Å². The fourth-order valence-corrected chi connectivity index (χ4v) is 3.87. The van der Waals surface area contributed by atoms with E-state index >= 15 is 0 Å². The van der Waals surface area contributed by atoms with E-state index in [1.807, 2.05) is 96.8 Å². The summed E-state index contributed by atoms with van der Waals surface area (Å²) in [7, 11) is 0. The minimum Gasteiger partial charge on any atom is -0.353 e. The molecule has 0 aliphatic rings. The Kier molecular flexibility index (Phi) is 28.5. The standard InChI is InChI=1S/C18H27N.C12H17NO.C4H10.2C2H6/c1-6-9-16(10-7-2)17-11-13-18(14-12-17)19(8-3)15(4)5;1-9(2)13-12(14)10(3)11-7-5-4-6-8-11;1-4(2)3;2*1-2/h8,11-14,16H,3-4,6-7,9-10H2,1-2,5H3;4-10H,1-3H3,(H,13,14);4H,1-3H3;2*1-2H3. The van der Waals surface area contributed by atoms with Gasteiger partial charge in [-0.1, -0.05) is 131 Å². The molecule has 0 saturated heterocycles. The van der Waals surface area contributed by atoms with Gasteiger partial charge in [0.15, 0.2) is 0 Å². The highest BCUT2D eigenvalue weighted by Crippen LogP contribution is 2.28. The van der Waals surface area contributed by atoms with Crippen molar-refractivity contribution < 1.29 is 4.79 Å². The first kappa shape index (κ1) is 42.7. The van der Waals surface area contributed by atoms with E-state index in [1.54, 1.807) is 0 Å². The van der Waals surface area contributed by atoms with Crippen LogP contribution in [0.15, 0.2) is 79.7 Å². The second-order valence-corrected chi connectivity index (χ2v) is 10.7. The summed E-state index contributed by atoms with van der Waals surface area (Å²) in [5.74, 6) is 1.55. The predicted molar refractivity (Wildman–Crippen MR) is 188 cm³/mol. The van der Waals surface area contributed by atoms with Crippen molar-refractivity contribution in [2.75, 3.05) is 4.90 Å². The zero-order chi connectivity index (χ0) is 32.4. The summed E-state index contributed by atoms with van der Waals surface area (Å²) >= 11 is 0. The van der Waals surface area contributed by atoms with E-state index < -0.39 is 0 Å². The molecule has 3 heteroatoms. The van der Waals surface area contributed by atoms with Gasteiger partial charge in [0, 0.05) is 23.6 Å². The van der Waals surface area contributed by atoms with Crippen LogP contribution >= 0.6 is 0 Å². The van der Waals surface area contributed by atoms with E-state index in [2.05, 4.69) is 77.4 Å². The topological polar surface area (TPSA) is 32.3 Å². The van der Waals surface area contributed by atoms with Gasteiger partial charge in [-0.25, -0.2) is 0 Å². The van der Waals surface area contributed by atoms with Gasteiger partial charge in [0.2, 0.25) is 5.91 Å². The third kappa shape index (κ3) is 20.7. The van der Waals surface area contributed by atoms with E-state index in [4.69, 9.17) is 0 Å². The molecule has 1 unspecified atom stereocenters. The molecule has 0 aliphatic carbocycles. The van der Waals surface area contributed by atoms with Crippen LogP contribution in [-0.4, -0.2) is 11.9 Å². The molecular weight excluding hydrogens is 500 g/mol. The first-order valence-corrected chi connectivity index (χ1v) is 16.0. The number of allylic oxidation sites excluding steroid dienone is 1. The Bertz CT molecular complexity index is 875. The number of anilines is 1. The first-order chi connectivity index (χ1) is 19.5. The van der Waals surface area contributed by atoms with Crippen molar-refractivity contribution in [3.8, 4) is 0 Å². The van der Waals surface area contributed by atoms with E-state index in [9.17, 15) is 4.79 Å². The number of rotatable bonds is 11. The van der Waals surface area contributed by atoms with E-state index in [0.717, 1.165) is 22.9 Å². The number of hydrogen-bond donors (Lipinski definition) is 1. The quantitative estimate of drug-likeness (QED) is 0.293. The van der Waals surface area contributed by atoms with Crippen molar-refractivity contribution in [2.45, 2.75) is 134 Å². The smallest absolute Gasteiger partial charge is 0.227 e. The number of nitrogens with one attached hydrogen (secondary N) is 1. The number of carbonyl (C=O) groups excluding carboxylic acids is 1. The molecule has 2 rings (SSSR count). The Balaban J connectivity index is -0.000000576. The molecule has 0 radical (unpaired) electrons. The highest BCUT2D eigenvalue weighted by molar-refractivity contribution is 5.83. The average Bonchev–Trinajstić information content (AvgIpc) is 2.95. The lowest BCUT2D eigenvalue weighted by atomic mass is 9.90. The van der Waals surface area contributed by atoms with Crippen molar-refractivity contribution in [3.63, 3.8) is 0 Å². The summed E-state index contributed by atoms with van der Waals surface area (Å²) in [5.41, 5.74) is 4.64.